The molecule has 1 unspecified atom stereocenters. The predicted octanol–water partition coefficient (Wildman–Crippen LogP) is 15.7. The molecule has 0 saturated heterocycles. The van der Waals surface area contributed by atoms with Gasteiger partial charge in [0.2, 0.25) is 0 Å². The minimum atomic E-state index is -0.526. The molecule has 0 heterocycles. The summed E-state index contributed by atoms with van der Waals surface area (Å²) >= 11 is 0. The minimum Gasteiger partial charge on any atom is -0.462 e. The number of ether oxygens (including phenoxy) is 3. The molecule has 0 aliphatic carbocycles. The molecule has 0 aromatic rings. The van der Waals surface area contributed by atoms with Gasteiger partial charge in [-0.1, -0.05) is 212 Å². The van der Waals surface area contributed by atoms with Gasteiger partial charge in [0.05, 0.1) is 6.61 Å². The second-order valence-corrected chi connectivity index (χ2v) is 16.0. The van der Waals surface area contributed by atoms with E-state index in [1.165, 1.54) is 180 Å². The van der Waals surface area contributed by atoms with Gasteiger partial charge in [0.25, 0.3) is 0 Å². The van der Waals surface area contributed by atoms with E-state index in [-0.39, 0.29) is 18.5 Å². The highest BCUT2D eigenvalue weighted by Gasteiger charge is 2.17. The molecule has 5 heteroatoms. The molecule has 1 atom stereocenters. The highest BCUT2D eigenvalue weighted by Crippen LogP contribution is 2.15. The largest absolute Gasteiger partial charge is 0.462 e. The van der Waals surface area contributed by atoms with Gasteiger partial charge in [-0.05, 0) is 51.4 Å². The molecule has 0 rings (SSSR count). The van der Waals surface area contributed by atoms with Crippen molar-refractivity contribution in [1.29, 1.82) is 0 Å². The van der Waals surface area contributed by atoms with Crippen molar-refractivity contribution in [2.45, 2.75) is 258 Å². The molecule has 0 amide bonds. The summed E-state index contributed by atoms with van der Waals surface area (Å²) in [7, 11) is 0. The molecule has 0 N–H and O–H groups in total. The van der Waals surface area contributed by atoms with Crippen LogP contribution < -0.4 is 0 Å². The molecular formula is C49H92O5. The molecule has 0 saturated carbocycles. The van der Waals surface area contributed by atoms with Crippen molar-refractivity contribution in [2.24, 2.45) is 0 Å². The number of carbonyl (C=O) groups is 2. The first-order chi connectivity index (χ1) is 26.6. The lowest BCUT2D eigenvalue weighted by Crippen LogP contribution is -2.30. The SMILES string of the molecule is CCCCC/C=C\C/C=C\CCCCCCCCCCCC(=O)OCC(COCCCCCCCCCCCC)OC(=O)CCCCCCCCCCC. The molecule has 0 fully saturated rings. The zero-order valence-corrected chi connectivity index (χ0v) is 36.5. The van der Waals surface area contributed by atoms with Gasteiger partial charge in [0, 0.05) is 19.4 Å². The van der Waals surface area contributed by atoms with E-state index < -0.39 is 6.10 Å². The van der Waals surface area contributed by atoms with Gasteiger partial charge < -0.3 is 14.2 Å². The maximum Gasteiger partial charge on any atom is 0.306 e. The van der Waals surface area contributed by atoms with Gasteiger partial charge in [0.1, 0.15) is 6.61 Å². The van der Waals surface area contributed by atoms with Crippen molar-refractivity contribution in [3.05, 3.63) is 24.3 Å². The van der Waals surface area contributed by atoms with Gasteiger partial charge in [-0.2, -0.15) is 0 Å². The van der Waals surface area contributed by atoms with E-state index in [1.54, 1.807) is 0 Å². The van der Waals surface area contributed by atoms with E-state index in [4.69, 9.17) is 14.2 Å². The monoisotopic (exact) mass is 761 g/mol. The van der Waals surface area contributed by atoms with Crippen LogP contribution in [0.5, 0.6) is 0 Å². The quantitative estimate of drug-likeness (QED) is 0.0352. The van der Waals surface area contributed by atoms with Gasteiger partial charge in [-0.25, -0.2) is 0 Å². The molecule has 0 aromatic carbocycles. The standard InChI is InChI=1S/C49H92O5/c1-4-7-10-13-16-19-21-22-23-24-25-26-27-28-29-31-33-36-39-42-48(50)53-46-47(45-52-44-41-38-35-32-20-17-14-11-8-5-2)54-49(51)43-40-37-34-30-18-15-12-9-6-3/h16,19,22-23,47H,4-15,17-18,20-21,24-46H2,1-3H3/b19-16-,23-22-. The zero-order valence-electron chi connectivity index (χ0n) is 36.5. The van der Waals surface area contributed by atoms with Crippen LogP contribution in [-0.4, -0.2) is 37.9 Å². The first-order valence-electron chi connectivity index (χ1n) is 23.9. The van der Waals surface area contributed by atoms with Crippen molar-refractivity contribution in [2.75, 3.05) is 19.8 Å². The van der Waals surface area contributed by atoms with Crippen LogP contribution in [-0.2, 0) is 23.8 Å². The molecule has 5 nitrogen and oxygen atoms in total. The topological polar surface area (TPSA) is 61.8 Å². The third-order valence-corrected chi connectivity index (χ3v) is 10.5. The molecule has 0 radical (unpaired) electrons. The maximum atomic E-state index is 12.7. The van der Waals surface area contributed by atoms with E-state index in [9.17, 15) is 9.59 Å². The lowest BCUT2D eigenvalue weighted by molar-refractivity contribution is -0.163. The van der Waals surface area contributed by atoms with Crippen LogP contribution in [0, 0.1) is 0 Å². The lowest BCUT2D eigenvalue weighted by Gasteiger charge is -2.18. The normalized spacial score (nSPS) is 12.3. The fourth-order valence-electron chi connectivity index (χ4n) is 6.89. The molecule has 0 spiro atoms. The number of unbranched alkanes of at least 4 members (excludes halogenated alkanes) is 29. The van der Waals surface area contributed by atoms with Crippen LogP contribution >= 0.6 is 0 Å². The smallest absolute Gasteiger partial charge is 0.306 e. The number of hydrogen-bond acceptors (Lipinski definition) is 5. The zero-order chi connectivity index (χ0) is 39.3. The van der Waals surface area contributed by atoms with Gasteiger partial charge in [-0.3, -0.25) is 9.59 Å². The number of allylic oxidation sites excluding steroid dienone is 4. The Balaban J connectivity index is 4.11. The number of rotatable bonds is 44. The van der Waals surface area contributed by atoms with Crippen molar-refractivity contribution < 1.29 is 23.8 Å². The van der Waals surface area contributed by atoms with E-state index >= 15 is 0 Å². The van der Waals surface area contributed by atoms with E-state index in [1.807, 2.05) is 0 Å². The van der Waals surface area contributed by atoms with Crippen LogP contribution in [0.3, 0.4) is 0 Å². The van der Waals surface area contributed by atoms with Crippen LogP contribution in [0.25, 0.3) is 0 Å². The highest BCUT2D eigenvalue weighted by atomic mass is 16.6. The Morgan fingerprint density at radius 2 is 0.778 bits per heavy atom. The Morgan fingerprint density at radius 3 is 1.26 bits per heavy atom. The fourth-order valence-corrected chi connectivity index (χ4v) is 6.89. The van der Waals surface area contributed by atoms with Crippen LogP contribution in [0.4, 0.5) is 0 Å². The van der Waals surface area contributed by atoms with Gasteiger partial charge >= 0.3 is 11.9 Å². The summed E-state index contributed by atoms with van der Waals surface area (Å²) < 4.78 is 17.3. The average molecular weight is 761 g/mol. The lowest BCUT2D eigenvalue weighted by atomic mass is 10.1. The summed E-state index contributed by atoms with van der Waals surface area (Å²) in [6.07, 6.45) is 51.8. The van der Waals surface area contributed by atoms with E-state index in [2.05, 4.69) is 45.1 Å². The Labute approximate surface area is 337 Å². The Kier molecular flexibility index (Phi) is 44.4. The van der Waals surface area contributed by atoms with Crippen molar-refractivity contribution in [1.82, 2.24) is 0 Å². The van der Waals surface area contributed by atoms with Gasteiger partial charge in [0.15, 0.2) is 6.10 Å². The molecule has 318 valence electrons. The third-order valence-electron chi connectivity index (χ3n) is 10.5. The molecular weight excluding hydrogens is 669 g/mol. The Bertz CT molecular complexity index is 821. The van der Waals surface area contributed by atoms with Crippen molar-refractivity contribution in [3.63, 3.8) is 0 Å². The number of hydrogen-bond donors (Lipinski definition) is 0. The minimum absolute atomic E-state index is 0.0896. The first kappa shape index (κ1) is 52.4. The second-order valence-electron chi connectivity index (χ2n) is 16.0. The summed E-state index contributed by atoms with van der Waals surface area (Å²) in [5, 5.41) is 0. The molecule has 0 aliphatic heterocycles. The van der Waals surface area contributed by atoms with E-state index in [0.29, 0.717) is 26.1 Å². The first-order valence-corrected chi connectivity index (χ1v) is 23.9. The number of carbonyl (C=O) groups excluding carboxylic acids is 2. The van der Waals surface area contributed by atoms with Crippen molar-refractivity contribution >= 4 is 11.9 Å². The van der Waals surface area contributed by atoms with Crippen molar-refractivity contribution in [3.8, 4) is 0 Å². The summed E-state index contributed by atoms with van der Waals surface area (Å²) in [5.74, 6) is -0.392. The third kappa shape index (κ3) is 43.1. The maximum absolute atomic E-state index is 12.7. The summed E-state index contributed by atoms with van der Waals surface area (Å²) in [6, 6.07) is 0. The fraction of sp³-hybridized carbons (Fsp3) is 0.878. The molecule has 0 aliphatic rings. The predicted molar refractivity (Wildman–Crippen MR) is 233 cm³/mol. The van der Waals surface area contributed by atoms with Crippen LogP contribution in [0.15, 0.2) is 24.3 Å². The summed E-state index contributed by atoms with van der Waals surface area (Å²) in [5.41, 5.74) is 0. The second kappa shape index (κ2) is 45.8. The molecule has 54 heavy (non-hydrogen) atoms. The molecule has 0 bridgehead atoms. The Morgan fingerprint density at radius 1 is 0.407 bits per heavy atom. The number of esters is 2. The Hall–Kier alpha value is -1.62. The van der Waals surface area contributed by atoms with Crippen LogP contribution in [0.1, 0.15) is 252 Å². The summed E-state index contributed by atoms with van der Waals surface area (Å²) in [6.45, 7) is 7.81. The van der Waals surface area contributed by atoms with Gasteiger partial charge in [-0.15, -0.1) is 0 Å². The van der Waals surface area contributed by atoms with Crippen LogP contribution in [0.2, 0.25) is 0 Å². The summed E-state index contributed by atoms with van der Waals surface area (Å²) in [4.78, 5) is 25.2. The highest BCUT2D eigenvalue weighted by molar-refractivity contribution is 5.70. The average Bonchev–Trinajstić information content (AvgIpc) is 3.17. The molecule has 0 aromatic heterocycles. The van der Waals surface area contributed by atoms with E-state index in [0.717, 1.165) is 38.5 Å².